The SMILES string of the molecule is COc1ccc(C#Cc2ccc3ccc(C#Cc4cccc(OC)c4)cc3c2)cc1. The first-order valence-corrected chi connectivity index (χ1v) is 9.59. The number of ether oxygens (including phenoxy) is 2. The Hall–Kier alpha value is -4.14. The lowest BCUT2D eigenvalue weighted by Gasteiger charge is -2.01. The maximum atomic E-state index is 5.26. The summed E-state index contributed by atoms with van der Waals surface area (Å²) in [5.41, 5.74) is 3.81. The van der Waals surface area contributed by atoms with Gasteiger partial charge in [-0.3, -0.25) is 0 Å². The third-order valence-electron chi connectivity index (χ3n) is 4.70. The van der Waals surface area contributed by atoms with Crippen LogP contribution in [-0.2, 0) is 0 Å². The van der Waals surface area contributed by atoms with Crippen LogP contribution in [0.25, 0.3) is 10.8 Å². The Labute approximate surface area is 177 Å². The van der Waals surface area contributed by atoms with Crippen molar-refractivity contribution in [1.29, 1.82) is 0 Å². The van der Waals surface area contributed by atoms with Crippen LogP contribution in [0, 0.1) is 23.7 Å². The molecule has 0 atom stereocenters. The third-order valence-corrected chi connectivity index (χ3v) is 4.70. The second-order valence-corrected chi connectivity index (χ2v) is 6.74. The van der Waals surface area contributed by atoms with E-state index in [2.05, 4.69) is 47.9 Å². The molecule has 0 saturated heterocycles. The van der Waals surface area contributed by atoms with Crippen LogP contribution in [-0.4, -0.2) is 14.2 Å². The molecule has 0 saturated carbocycles. The van der Waals surface area contributed by atoms with E-state index in [1.807, 2.05) is 60.7 Å². The van der Waals surface area contributed by atoms with Gasteiger partial charge in [0.05, 0.1) is 14.2 Å². The number of hydrogen-bond donors (Lipinski definition) is 0. The van der Waals surface area contributed by atoms with Gasteiger partial charge >= 0.3 is 0 Å². The lowest BCUT2D eigenvalue weighted by Crippen LogP contribution is -1.83. The Morgan fingerprint density at radius 3 is 1.60 bits per heavy atom. The van der Waals surface area contributed by atoms with Crippen molar-refractivity contribution in [3.63, 3.8) is 0 Å². The molecule has 4 aromatic carbocycles. The normalized spacial score (nSPS) is 9.80. The number of fused-ring (bicyclic) bond motifs is 1. The van der Waals surface area contributed by atoms with Crippen LogP contribution in [0.15, 0.2) is 84.9 Å². The molecule has 0 aromatic heterocycles. The van der Waals surface area contributed by atoms with Crippen molar-refractivity contribution in [1.82, 2.24) is 0 Å². The van der Waals surface area contributed by atoms with Gasteiger partial charge in [-0.25, -0.2) is 0 Å². The molecule has 2 nitrogen and oxygen atoms in total. The number of hydrogen-bond acceptors (Lipinski definition) is 2. The van der Waals surface area contributed by atoms with Crippen LogP contribution in [0.3, 0.4) is 0 Å². The minimum atomic E-state index is 0.806. The fourth-order valence-corrected chi connectivity index (χ4v) is 3.07. The Morgan fingerprint density at radius 1 is 0.467 bits per heavy atom. The number of methoxy groups -OCH3 is 2. The largest absolute Gasteiger partial charge is 0.497 e. The van der Waals surface area contributed by atoms with Crippen molar-refractivity contribution in [2.45, 2.75) is 0 Å². The van der Waals surface area contributed by atoms with Gasteiger partial charge in [0, 0.05) is 22.3 Å². The Balaban J connectivity index is 1.60. The molecular weight excluding hydrogens is 368 g/mol. The zero-order chi connectivity index (χ0) is 20.8. The molecule has 0 N–H and O–H groups in total. The van der Waals surface area contributed by atoms with E-state index in [9.17, 15) is 0 Å². The van der Waals surface area contributed by atoms with Gasteiger partial charge in [-0.15, -0.1) is 0 Å². The third kappa shape index (κ3) is 4.64. The predicted molar refractivity (Wildman–Crippen MR) is 122 cm³/mol. The van der Waals surface area contributed by atoms with Gasteiger partial charge in [-0.1, -0.05) is 41.9 Å². The van der Waals surface area contributed by atoms with Gasteiger partial charge in [0.1, 0.15) is 11.5 Å². The predicted octanol–water partition coefficient (Wildman–Crippen LogP) is 5.66. The lowest BCUT2D eigenvalue weighted by molar-refractivity contribution is 0.414. The van der Waals surface area contributed by atoms with Crippen molar-refractivity contribution < 1.29 is 9.47 Å². The van der Waals surface area contributed by atoms with Gasteiger partial charge < -0.3 is 9.47 Å². The first-order valence-electron chi connectivity index (χ1n) is 9.59. The first-order chi connectivity index (χ1) is 14.7. The Morgan fingerprint density at radius 2 is 1.00 bits per heavy atom. The molecule has 4 rings (SSSR count). The fourth-order valence-electron chi connectivity index (χ4n) is 3.07. The average Bonchev–Trinajstić information content (AvgIpc) is 2.81. The Kier molecular flexibility index (Phi) is 5.70. The number of rotatable bonds is 2. The van der Waals surface area contributed by atoms with Gasteiger partial charge in [-0.2, -0.15) is 0 Å². The quantitative estimate of drug-likeness (QED) is 0.413. The second kappa shape index (κ2) is 8.91. The van der Waals surface area contributed by atoms with Crippen LogP contribution < -0.4 is 9.47 Å². The molecule has 0 radical (unpaired) electrons. The molecule has 0 aliphatic heterocycles. The van der Waals surface area contributed by atoms with Crippen LogP contribution in [0.4, 0.5) is 0 Å². The smallest absolute Gasteiger partial charge is 0.120 e. The van der Waals surface area contributed by atoms with Crippen molar-refractivity contribution in [2.24, 2.45) is 0 Å². The van der Waals surface area contributed by atoms with Gasteiger partial charge in [0.2, 0.25) is 0 Å². The van der Waals surface area contributed by atoms with Crippen LogP contribution >= 0.6 is 0 Å². The monoisotopic (exact) mass is 388 g/mol. The van der Waals surface area contributed by atoms with E-state index in [0.717, 1.165) is 44.5 Å². The second-order valence-electron chi connectivity index (χ2n) is 6.74. The van der Waals surface area contributed by atoms with E-state index in [-0.39, 0.29) is 0 Å². The van der Waals surface area contributed by atoms with E-state index < -0.39 is 0 Å². The van der Waals surface area contributed by atoms with E-state index in [1.54, 1.807) is 14.2 Å². The van der Waals surface area contributed by atoms with Crippen LogP contribution in [0.1, 0.15) is 22.3 Å². The van der Waals surface area contributed by atoms with Crippen molar-refractivity contribution in [3.05, 3.63) is 107 Å². The highest BCUT2D eigenvalue weighted by Gasteiger charge is 1.98. The average molecular weight is 388 g/mol. The van der Waals surface area contributed by atoms with Crippen LogP contribution in [0.2, 0.25) is 0 Å². The summed E-state index contributed by atoms with van der Waals surface area (Å²) in [5.74, 6) is 14.5. The minimum Gasteiger partial charge on any atom is -0.497 e. The molecule has 0 unspecified atom stereocenters. The van der Waals surface area contributed by atoms with Crippen LogP contribution in [0.5, 0.6) is 11.5 Å². The van der Waals surface area contributed by atoms with Gasteiger partial charge in [-0.05, 0) is 77.5 Å². The summed E-state index contributed by atoms with van der Waals surface area (Å²) in [6, 6.07) is 28.0. The summed E-state index contributed by atoms with van der Waals surface area (Å²) >= 11 is 0. The van der Waals surface area contributed by atoms with Crippen molar-refractivity contribution >= 4 is 10.8 Å². The molecule has 0 aliphatic carbocycles. The zero-order valence-corrected chi connectivity index (χ0v) is 16.9. The molecule has 144 valence electrons. The summed E-state index contributed by atoms with van der Waals surface area (Å²) in [6.07, 6.45) is 0. The summed E-state index contributed by atoms with van der Waals surface area (Å²) in [5, 5.41) is 2.28. The highest BCUT2D eigenvalue weighted by atomic mass is 16.5. The standard InChI is InChI=1S/C28H20O2/c1-29-27-16-12-21(13-17-27)6-7-23-10-14-25-15-11-24(19-26(25)18-23)9-8-22-4-3-5-28(20-22)30-2/h3-5,10-20H,1-2H3. The van der Waals surface area contributed by atoms with E-state index in [4.69, 9.17) is 9.47 Å². The maximum absolute atomic E-state index is 5.26. The van der Waals surface area contributed by atoms with Crippen molar-refractivity contribution in [3.8, 4) is 35.2 Å². The molecule has 4 aromatic rings. The molecule has 0 bridgehead atoms. The molecule has 0 amide bonds. The summed E-state index contributed by atoms with van der Waals surface area (Å²) in [7, 11) is 3.32. The highest BCUT2D eigenvalue weighted by molar-refractivity contribution is 5.85. The summed E-state index contributed by atoms with van der Waals surface area (Å²) < 4.78 is 10.4. The van der Waals surface area contributed by atoms with E-state index in [1.165, 1.54) is 0 Å². The van der Waals surface area contributed by atoms with Gasteiger partial charge in [0.25, 0.3) is 0 Å². The molecule has 0 spiro atoms. The molecule has 0 aliphatic rings. The Bertz CT molecular complexity index is 1310. The summed E-state index contributed by atoms with van der Waals surface area (Å²) in [6.45, 7) is 0. The molecule has 0 fully saturated rings. The molecular formula is C28H20O2. The minimum absolute atomic E-state index is 0.806. The first kappa shape index (κ1) is 19.2. The maximum Gasteiger partial charge on any atom is 0.120 e. The fraction of sp³-hybridized carbons (Fsp3) is 0.0714. The summed E-state index contributed by atoms with van der Waals surface area (Å²) in [4.78, 5) is 0. The van der Waals surface area contributed by atoms with Crippen molar-refractivity contribution in [2.75, 3.05) is 14.2 Å². The zero-order valence-electron chi connectivity index (χ0n) is 16.9. The lowest BCUT2D eigenvalue weighted by atomic mass is 10.0. The molecule has 30 heavy (non-hydrogen) atoms. The number of benzene rings is 4. The topological polar surface area (TPSA) is 18.5 Å². The van der Waals surface area contributed by atoms with Gasteiger partial charge in [0.15, 0.2) is 0 Å². The molecule has 0 heterocycles. The molecule has 2 heteroatoms. The highest BCUT2D eigenvalue weighted by Crippen LogP contribution is 2.18. The van der Waals surface area contributed by atoms with E-state index in [0.29, 0.717) is 0 Å². The van der Waals surface area contributed by atoms with E-state index >= 15 is 0 Å².